The van der Waals surface area contributed by atoms with Crippen molar-refractivity contribution in [1.29, 1.82) is 0 Å². The fraction of sp³-hybridized carbons (Fsp3) is 0.429. The van der Waals surface area contributed by atoms with Gasteiger partial charge in [0.25, 0.3) is 0 Å². The summed E-state index contributed by atoms with van der Waals surface area (Å²) in [4.78, 5) is 42.8. The van der Waals surface area contributed by atoms with Crippen molar-refractivity contribution in [1.82, 2.24) is 0 Å². The Labute approximate surface area is 115 Å². The zero-order valence-electron chi connectivity index (χ0n) is 11.0. The molecule has 0 aromatic carbocycles. The SMILES string of the molecule is C=C1CC(=O)OC1=O.CC12C=CCCC1C(=O)OC2=O. The number of fused-ring (bicyclic) bond motifs is 1. The van der Waals surface area contributed by atoms with Gasteiger partial charge in [0.2, 0.25) is 0 Å². The molecule has 6 nitrogen and oxygen atoms in total. The van der Waals surface area contributed by atoms with Crippen molar-refractivity contribution in [2.45, 2.75) is 26.2 Å². The monoisotopic (exact) mass is 278 g/mol. The Morgan fingerprint density at radius 2 is 1.95 bits per heavy atom. The van der Waals surface area contributed by atoms with Crippen LogP contribution in [0.4, 0.5) is 0 Å². The van der Waals surface area contributed by atoms with Crippen molar-refractivity contribution in [2.75, 3.05) is 0 Å². The highest BCUT2D eigenvalue weighted by Gasteiger charge is 2.53. The molecule has 0 saturated carbocycles. The highest BCUT2D eigenvalue weighted by atomic mass is 16.6. The lowest BCUT2D eigenvalue weighted by Gasteiger charge is -2.24. The Balaban J connectivity index is 0.000000160. The number of carbonyl (C=O) groups is 4. The van der Waals surface area contributed by atoms with Gasteiger partial charge in [-0.25, -0.2) is 4.79 Å². The molecule has 3 aliphatic rings. The third-order valence-corrected chi connectivity index (χ3v) is 3.58. The molecule has 20 heavy (non-hydrogen) atoms. The van der Waals surface area contributed by atoms with Crippen LogP contribution in [0, 0.1) is 11.3 Å². The van der Waals surface area contributed by atoms with E-state index in [4.69, 9.17) is 0 Å². The van der Waals surface area contributed by atoms with Gasteiger partial charge in [0.05, 0.1) is 17.8 Å². The van der Waals surface area contributed by atoms with E-state index in [1.807, 2.05) is 6.08 Å². The maximum atomic E-state index is 11.2. The Hall–Kier alpha value is -2.24. The van der Waals surface area contributed by atoms with Crippen LogP contribution in [0.5, 0.6) is 0 Å². The average molecular weight is 278 g/mol. The molecule has 0 radical (unpaired) electrons. The lowest BCUT2D eigenvalue weighted by atomic mass is 9.73. The molecule has 0 aromatic rings. The molecule has 3 rings (SSSR count). The summed E-state index contributed by atoms with van der Waals surface area (Å²) in [5.74, 6) is -2.08. The molecule has 0 amide bonds. The van der Waals surface area contributed by atoms with Gasteiger partial charge in [-0.15, -0.1) is 0 Å². The quantitative estimate of drug-likeness (QED) is 0.285. The maximum Gasteiger partial charge on any atom is 0.341 e. The molecule has 2 saturated heterocycles. The number of hydrogen-bond donors (Lipinski definition) is 0. The van der Waals surface area contributed by atoms with Crippen molar-refractivity contribution < 1.29 is 28.7 Å². The van der Waals surface area contributed by atoms with E-state index in [2.05, 4.69) is 16.1 Å². The molecule has 2 atom stereocenters. The summed E-state index contributed by atoms with van der Waals surface area (Å²) in [6.45, 7) is 5.05. The van der Waals surface area contributed by atoms with E-state index in [1.165, 1.54) is 0 Å². The summed E-state index contributed by atoms with van der Waals surface area (Å²) < 4.78 is 8.68. The van der Waals surface area contributed by atoms with Crippen LogP contribution in [0.1, 0.15) is 26.2 Å². The second-order valence-electron chi connectivity index (χ2n) is 5.07. The topological polar surface area (TPSA) is 86.7 Å². The van der Waals surface area contributed by atoms with Gasteiger partial charge >= 0.3 is 23.9 Å². The standard InChI is InChI=1S/C9H10O3.C5H4O3/c1-9-5-3-2-4-6(9)7(10)12-8(9)11;1-3-2-4(6)8-5(3)7/h3,5-6H,2,4H2,1H3;1-2H2. The largest absolute Gasteiger partial charge is 0.392 e. The van der Waals surface area contributed by atoms with Gasteiger partial charge in [-0.1, -0.05) is 18.7 Å². The summed E-state index contributed by atoms with van der Waals surface area (Å²) in [5, 5.41) is 0. The number of cyclic esters (lactones) is 4. The van der Waals surface area contributed by atoms with Gasteiger partial charge in [-0.05, 0) is 19.8 Å². The Kier molecular flexibility index (Phi) is 3.57. The Morgan fingerprint density at radius 3 is 2.40 bits per heavy atom. The van der Waals surface area contributed by atoms with Crippen LogP contribution in [0.15, 0.2) is 24.3 Å². The predicted octanol–water partition coefficient (Wildman–Crippen LogP) is 1.06. The first-order chi connectivity index (χ1) is 9.34. The summed E-state index contributed by atoms with van der Waals surface area (Å²) in [6, 6.07) is 0. The first-order valence-corrected chi connectivity index (χ1v) is 6.21. The van der Waals surface area contributed by atoms with Crippen LogP contribution >= 0.6 is 0 Å². The minimum Gasteiger partial charge on any atom is -0.392 e. The molecular weight excluding hydrogens is 264 g/mol. The van der Waals surface area contributed by atoms with E-state index in [-0.39, 0.29) is 23.9 Å². The summed E-state index contributed by atoms with van der Waals surface area (Å²) in [6.07, 6.45) is 5.39. The molecular formula is C14H14O6. The number of esters is 4. The fourth-order valence-corrected chi connectivity index (χ4v) is 2.31. The molecule has 0 N–H and O–H groups in total. The zero-order valence-corrected chi connectivity index (χ0v) is 11.0. The zero-order chi connectivity index (χ0) is 14.9. The second-order valence-corrected chi connectivity index (χ2v) is 5.07. The molecule has 2 fully saturated rings. The smallest absolute Gasteiger partial charge is 0.341 e. The summed E-state index contributed by atoms with van der Waals surface area (Å²) >= 11 is 0. The van der Waals surface area contributed by atoms with E-state index in [1.54, 1.807) is 13.0 Å². The van der Waals surface area contributed by atoms with Gasteiger partial charge in [0.15, 0.2) is 0 Å². The van der Waals surface area contributed by atoms with Crippen LogP contribution < -0.4 is 0 Å². The lowest BCUT2D eigenvalue weighted by Crippen LogP contribution is -2.30. The highest BCUT2D eigenvalue weighted by Crippen LogP contribution is 2.42. The Morgan fingerprint density at radius 1 is 1.25 bits per heavy atom. The van der Waals surface area contributed by atoms with E-state index >= 15 is 0 Å². The maximum absolute atomic E-state index is 11.2. The van der Waals surface area contributed by atoms with Crippen LogP contribution in [-0.2, 0) is 28.7 Å². The normalized spacial score (nSPS) is 31.4. The van der Waals surface area contributed by atoms with Crippen LogP contribution in [0.2, 0.25) is 0 Å². The highest BCUT2D eigenvalue weighted by molar-refractivity contribution is 6.05. The molecule has 2 aliphatic heterocycles. The molecule has 106 valence electrons. The van der Waals surface area contributed by atoms with Crippen LogP contribution in [0.3, 0.4) is 0 Å². The molecule has 2 heterocycles. The van der Waals surface area contributed by atoms with E-state index in [0.29, 0.717) is 0 Å². The van der Waals surface area contributed by atoms with Crippen LogP contribution in [0.25, 0.3) is 0 Å². The second kappa shape index (κ2) is 5.03. The molecule has 0 aromatic heterocycles. The average Bonchev–Trinajstić information content (AvgIpc) is 2.78. The van der Waals surface area contributed by atoms with Crippen molar-refractivity contribution in [3.63, 3.8) is 0 Å². The van der Waals surface area contributed by atoms with Crippen molar-refractivity contribution in [2.24, 2.45) is 11.3 Å². The molecule has 1 aliphatic carbocycles. The predicted molar refractivity (Wildman–Crippen MR) is 65.9 cm³/mol. The van der Waals surface area contributed by atoms with Crippen molar-refractivity contribution >= 4 is 23.9 Å². The molecule has 6 heteroatoms. The number of carbonyl (C=O) groups excluding carboxylic acids is 4. The van der Waals surface area contributed by atoms with Gasteiger partial charge in [0, 0.05) is 5.57 Å². The van der Waals surface area contributed by atoms with Gasteiger partial charge in [-0.3, -0.25) is 14.4 Å². The summed E-state index contributed by atoms with van der Waals surface area (Å²) in [5.41, 5.74) is -0.426. The van der Waals surface area contributed by atoms with Gasteiger partial charge < -0.3 is 9.47 Å². The number of ether oxygens (including phenoxy) is 2. The molecule has 0 bridgehead atoms. The summed E-state index contributed by atoms with van der Waals surface area (Å²) in [7, 11) is 0. The lowest BCUT2D eigenvalue weighted by molar-refractivity contribution is -0.155. The van der Waals surface area contributed by atoms with Crippen LogP contribution in [-0.4, -0.2) is 23.9 Å². The first kappa shape index (κ1) is 14.2. The van der Waals surface area contributed by atoms with E-state index in [9.17, 15) is 19.2 Å². The van der Waals surface area contributed by atoms with Crippen molar-refractivity contribution in [3.8, 4) is 0 Å². The first-order valence-electron chi connectivity index (χ1n) is 6.21. The molecule has 2 unspecified atom stereocenters. The Bertz CT molecular complexity index is 526. The minimum absolute atomic E-state index is 0.0544. The van der Waals surface area contributed by atoms with Crippen molar-refractivity contribution in [3.05, 3.63) is 24.3 Å². The third-order valence-electron chi connectivity index (χ3n) is 3.58. The fourth-order valence-electron chi connectivity index (χ4n) is 2.31. The van der Waals surface area contributed by atoms with E-state index < -0.39 is 23.3 Å². The van der Waals surface area contributed by atoms with E-state index in [0.717, 1.165) is 12.8 Å². The number of rotatable bonds is 0. The van der Waals surface area contributed by atoms with Gasteiger partial charge in [0.1, 0.15) is 0 Å². The van der Waals surface area contributed by atoms with Gasteiger partial charge in [-0.2, -0.15) is 0 Å². The third kappa shape index (κ3) is 2.41. The number of allylic oxidation sites excluding steroid dienone is 1. The number of hydrogen-bond acceptors (Lipinski definition) is 6. The minimum atomic E-state index is -0.671. The molecule has 0 spiro atoms.